The summed E-state index contributed by atoms with van der Waals surface area (Å²) < 4.78 is 0. The molecule has 2 aromatic heterocycles. The summed E-state index contributed by atoms with van der Waals surface area (Å²) in [5.74, 6) is 0.555. The maximum atomic E-state index is 5.98. The maximum absolute atomic E-state index is 5.98. The van der Waals surface area contributed by atoms with E-state index in [1.807, 2.05) is 27.1 Å². The van der Waals surface area contributed by atoms with Crippen LogP contribution >= 0.6 is 0 Å². The van der Waals surface area contributed by atoms with Crippen LogP contribution in [-0.4, -0.2) is 29.3 Å². The van der Waals surface area contributed by atoms with Crippen LogP contribution in [0.15, 0.2) is 30.3 Å². The minimum Gasteiger partial charge on any atom is -0.383 e. The van der Waals surface area contributed by atoms with E-state index >= 15 is 0 Å². The van der Waals surface area contributed by atoms with Gasteiger partial charge in [0, 0.05) is 25.5 Å². The Morgan fingerprint density at radius 1 is 1.15 bits per heavy atom. The number of benzene rings is 1. The average Bonchev–Trinajstić information content (AvgIpc) is 2.79. The van der Waals surface area contributed by atoms with Crippen LogP contribution in [-0.2, 0) is 0 Å². The number of nitrogens with zero attached hydrogens (tertiary/aromatic N) is 3. The van der Waals surface area contributed by atoms with Gasteiger partial charge in [0.1, 0.15) is 5.82 Å². The van der Waals surface area contributed by atoms with Gasteiger partial charge in [-0.25, -0.2) is 4.98 Å². The predicted molar refractivity (Wildman–Crippen MR) is 82.8 cm³/mol. The summed E-state index contributed by atoms with van der Waals surface area (Å²) in [6.45, 7) is 1.96. The zero-order valence-corrected chi connectivity index (χ0v) is 11.8. The van der Waals surface area contributed by atoms with Gasteiger partial charge in [-0.05, 0) is 36.2 Å². The van der Waals surface area contributed by atoms with Crippen molar-refractivity contribution in [1.82, 2.24) is 15.2 Å². The van der Waals surface area contributed by atoms with E-state index in [1.165, 1.54) is 0 Å². The van der Waals surface area contributed by atoms with E-state index in [4.69, 9.17) is 5.73 Å². The largest absolute Gasteiger partial charge is 0.383 e. The number of pyridine rings is 1. The first-order chi connectivity index (χ1) is 9.56. The van der Waals surface area contributed by atoms with Gasteiger partial charge in [0.15, 0.2) is 5.65 Å². The number of aryl methyl sites for hydroxylation is 1. The van der Waals surface area contributed by atoms with E-state index in [-0.39, 0.29) is 0 Å². The van der Waals surface area contributed by atoms with E-state index in [0.29, 0.717) is 11.5 Å². The van der Waals surface area contributed by atoms with Gasteiger partial charge < -0.3 is 10.6 Å². The molecule has 0 aliphatic heterocycles. The van der Waals surface area contributed by atoms with Gasteiger partial charge >= 0.3 is 0 Å². The number of fused-ring (bicyclic) bond motifs is 1. The molecule has 0 atom stereocenters. The van der Waals surface area contributed by atoms with Crippen LogP contribution in [0.25, 0.3) is 22.2 Å². The zero-order chi connectivity index (χ0) is 14.3. The summed E-state index contributed by atoms with van der Waals surface area (Å²) in [4.78, 5) is 6.47. The first-order valence-corrected chi connectivity index (χ1v) is 6.45. The number of rotatable bonds is 2. The van der Waals surface area contributed by atoms with Gasteiger partial charge in [-0.1, -0.05) is 12.1 Å². The van der Waals surface area contributed by atoms with Gasteiger partial charge in [-0.3, -0.25) is 5.10 Å². The molecule has 20 heavy (non-hydrogen) atoms. The molecule has 2 heterocycles. The number of anilines is 2. The van der Waals surface area contributed by atoms with Crippen LogP contribution in [0.5, 0.6) is 0 Å². The zero-order valence-electron chi connectivity index (χ0n) is 11.8. The number of hydrogen-bond acceptors (Lipinski definition) is 4. The van der Waals surface area contributed by atoms with Crippen molar-refractivity contribution in [2.24, 2.45) is 0 Å². The fourth-order valence-corrected chi connectivity index (χ4v) is 2.34. The summed E-state index contributed by atoms with van der Waals surface area (Å²) in [7, 11) is 4.05. The third-order valence-corrected chi connectivity index (χ3v) is 3.37. The van der Waals surface area contributed by atoms with Gasteiger partial charge in [0.05, 0.1) is 5.39 Å². The quantitative estimate of drug-likeness (QED) is 0.748. The molecular formula is C15H17N5. The number of aromatic amines is 1. The van der Waals surface area contributed by atoms with Crippen molar-refractivity contribution < 1.29 is 0 Å². The lowest BCUT2D eigenvalue weighted by atomic mass is 10.0. The SMILES string of the molecule is Cc1cc(-c2ccc(N(C)C)cc2)c2c(N)[nH]nc2n1. The van der Waals surface area contributed by atoms with Crippen LogP contribution < -0.4 is 10.6 Å². The second-order valence-electron chi connectivity index (χ2n) is 5.09. The van der Waals surface area contributed by atoms with Crippen LogP contribution in [0, 0.1) is 6.92 Å². The standard InChI is InChI=1S/C15H17N5/c1-9-8-12(13-14(16)18-19-15(13)17-9)10-4-6-11(7-5-10)20(2)3/h4-8H,1-3H3,(H3,16,17,18,19). The van der Waals surface area contributed by atoms with Crippen LogP contribution in [0.2, 0.25) is 0 Å². The van der Waals surface area contributed by atoms with E-state index in [9.17, 15) is 0 Å². The topological polar surface area (TPSA) is 70.8 Å². The molecule has 0 saturated carbocycles. The Labute approximate surface area is 117 Å². The van der Waals surface area contributed by atoms with Crippen molar-refractivity contribution >= 4 is 22.5 Å². The normalized spacial score (nSPS) is 10.9. The summed E-state index contributed by atoms with van der Waals surface area (Å²) in [5, 5.41) is 7.82. The molecule has 5 nitrogen and oxygen atoms in total. The summed E-state index contributed by atoms with van der Waals surface area (Å²) in [5.41, 5.74) is 10.9. The van der Waals surface area contributed by atoms with Crippen molar-refractivity contribution in [3.8, 4) is 11.1 Å². The van der Waals surface area contributed by atoms with Crippen LogP contribution in [0.3, 0.4) is 0 Å². The number of nitrogen functional groups attached to an aromatic ring is 1. The molecule has 0 aliphatic carbocycles. The minimum absolute atomic E-state index is 0.555. The van der Waals surface area contributed by atoms with Crippen molar-refractivity contribution in [2.75, 3.05) is 24.7 Å². The number of aromatic nitrogens is 3. The Kier molecular flexibility index (Phi) is 2.82. The average molecular weight is 267 g/mol. The molecule has 5 heteroatoms. The molecule has 102 valence electrons. The number of nitrogens with one attached hydrogen (secondary N) is 1. The number of H-pyrrole nitrogens is 1. The Morgan fingerprint density at radius 2 is 1.85 bits per heavy atom. The molecule has 0 spiro atoms. The molecular weight excluding hydrogens is 250 g/mol. The molecule has 0 aliphatic rings. The fourth-order valence-electron chi connectivity index (χ4n) is 2.34. The Hall–Kier alpha value is -2.56. The molecule has 0 saturated heterocycles. The third-order valence-electron chi connectivity index (χ3n) is 3.37. The van der Waals surface area contributed by atoms with E-state index in [2.05, 4.69) is 44.3 Å². The lowest BCUT2D eigenvalue weighted by molar-refractivity contribution is 1.09. The van der Waals surface area contributed by atoms with E-state index < -0.39 is 0 Å². The van der Waals surface area contributed by atoms with Crippen molar-refractivity contribution in [2.45, 2.75) is 6.92 Å². The molecule has 1 aromatic carbocycles. The molecule has 3 N–H and O–H groups in total. The van der Waals surface area contributed by atoms with Crippen molar-refractivity contribution in [3.63, 3.8) is 0 Å². The van der Waals surface area contributed by atoms with Gasteiger partial charge in [0.25, 0.3) is 0 Å². The molecule has 0 amide bonds. The monoisotopic (exact) mass is 267 g/mol. The van der Waals surface area contributed by atoms with E-state index in [0.717, 1.165) is 27.9 Å². The van der Waals surface area contributed by atoms with Gasteiger partial charge in [-0.15, -0.1) is 0 Å². The predicted octanol–water partition coefficient (Wildman–Crippen LogP) is 2.58. The molecule has 3 rings (SSSR count). The lowest BCUT2D eigenvalue weighted by Gasteiger charge is -2.13. The lowest BCUT2D eigenvalue weighted by Crippen LogP contribution is -2.07. The second-order valence-corrected chi connectivity index (χ2v) is 5.09. The van der Waals surface area contributed by atoms with Crippen molar-refractivity contribution in [3.05, 3.63) is 36.0 Å². The minimum atomic E-state index is 0.555. The molecule has 3 aromatic rings. The molecule has 0 fully saturated rings. The van der Waals surface area contributed by atoms with Gasteiger partial charge in [-0.2, -0.15) is 5.10 Å². The Bertz CT molecular complexity index is 756. The van der Waals surface area contributed by atoms with Crippen molar-refractivity contribution in [1.29, 1.82) is 0 Å². The molecule has 0 bridgehead atoms. The highest BCUT2D eigenvalue weighted by atomic mass is 15.2. The van der Waals surface area contributed by atoms with Crippen LogP contribution in [0.1, 0.15) is 5.69 Å². The first-order valence-electron chi connectivity index (χ1n) is 6.45. The maximum Gasteiger partial charge on any atom is 0.183 e. The summed E-state index contributed by atoms with van der Waals surface area (Å²) >= 11 is 0. The highest BCUT2D eigenvalue weighted by molar-refractivity contribution is 6.00. The molecule has 0 radical (unpaired) electrons. The molecule has 0 unspecified atom stereocenters. The Morgan fingerprint density at radius 3 is 2.50 bits per heavy atom. The van der Waals surface area contributed by atoms with Crippen LogP contribution in [0.4, 0.5) is 11.5 Å². The summed E-state index contributed by atoms with van der Waals surface area (Å²) in [6.07, 6.45) is 0. The van der Waals surface area contributed by atoms with E-state index in [1.54, 1.807) is 0 Å². The summed E-state index contributed by atoms with van der Waals surface area (Å²) in [6, 6.07) is 10.4. The Balaban J connectivity index is 2.20. The highest BCUT2D eigenvalue weighted by Crippen LogP contribution is 2.31. The third kappa shape index (κ3) is 1.97. The first kappa shape index (κ1) is 12.5. The number of hydrogen-bond donors (Lipinski definition) is 2. The number of nitrogens with two attached hydrogens (primary N) is 1. The highest BCUT2D eigenvalue weighted by Gasteiger charge is 2.12. The van der Waals surface area contributed by atoms with Gasteiger partial charge in [0.2, 0.25) is 0 Å². The fraction of sp³-hybridized carbons (Fsp3) is 0.200. The smallest absolute Gasteiger partial charge is 0.183 e. The second kappa shape index (κ2) is 4.52.